The van der Waals surface area contributed by atoms with Gasteiger partial charge in [-0.05, 0) is 36.6 Å². The van der Waals surface area contributed by atoms with Crippen molar-refractivity contribution in [2.45, 2.75) is 32.4 Å². The summed E-state index contributed by atoms with van der Waals surface area (Å²) in [6.45, 7) is 4.33. The zero-order valence-corrected chi connectivity index (χ0v) is 17.6. The van der Waals surface area contributed by atoms with Crippen molar-refractivity contribution in [2.75, 3.05) is 20.2 Å². The lowest BCUT2D eigenvalue weighted by Crippen LogP contribution is -2.44. The van der Waals surface area contributed by atoms with Crippen molar-refractivity contribution < 1.29 is 19.1 Å². The summed E-state index contributed by atoms with van der Waals surface area (Å²) in [6, 6.07) is 16.0. The van der Waals surface area contributed by atoms with Crippen molar-refractivity contribution in [3.05, 3.63) is 65.7 Å². The van der Waals surface area contributed by atoms with Crippen molar-refractivity contribution in [1.29, 1.82) is 0 Å². The highest BCUT2D eigenvalue weighted by Gasteiger charge is 2.49. The molecule has 2 aromatic rings. The summed E-state index contributed by atoms with van der Waals surface area (Å²) in [4.78, 5) is 41.3. The summed E-state index contributed by atoms with van der Waals surface area (Å²) in [6.07, 6.45) is 0.780. The molecule has 1 N–H and O–H groups in total. The van der Waals surface area contributed by atoms with Gasteiger partial charge in [0.05, 0.1) is 7.11 Å². The van der Waals surface area contributed by atoms with Crippen LogP contribution in [-0.4, -0.2) is 47.8 Å². The van der Waals surface area contributed by atoms with E-state index in [9.17, 15) is 14.4 Å². The Bertz CT molecular complexity index is 914. The molecule has 1 unspecified atom stereocenters. The summed E-state index contributed by atoms with van der Waals surface area (Å²) in [5.74, 6) is -0.0485. The number of nitrogens with one attached hydrogen (secondary N) is 1. The maximum Gasteiger partial charge on any atom is 0.325 e. The number of imide groups is 1. The van der Waals surface area contributed by atoms with Crippen LogP contribution in [-0.2, 0) is 21.7 Å². The molecule has 0 aromatic heterocycles. The van der Waals surface area contributed by atoms with E-state index in [1.165, 1.54) is 0 Å². The van der Waals surface area contributed by atoms with Crippen molar-refractivity contribution >= 4 is 17.8 Å². The first-order valence-corrected chi connectivity index (χ1v) is 9.99. The molecule has 1 atom stereocenters. The molecule has 1 saturated heterocycles. The fourth-order valence-electron chi connectivity index (χ4n) is 3.56. The smallest absolute Gasteiger partial charge is 0.325 e. The van der Waals surface area contributed by atoms with Gasteiger partial charge in [0, 0.05) is 13.1 Å². The number of hydrogen-bond acceptors (Lipinski definition) is 4. The highest BCUT2D eigenvalue weighted by molar-refractivity contribution is 6.09. The Morgan fingerprint density at radius 1 is 1.10 bits per heavy atom. The number of urea groups is 1. The number of ether oxygens (including phenoxy) is 1. The molecular weight excluding hydrogens is 382 g/mol. The van der Waals surface area contributed by atoms with E-state index in [0.717, 1.165) is 16.9 Å². The molecule has 0 saturated carbocycles. The fraction of sp³-hybridized carbons (Fsp3) is 0.348. The summed E-state index contributed by atoms with van der Waals surface area (Å²) < 4.78 is 5.15. The highest BCUT2D eigenvalue weighted by atomic mass is 16.5. The Labute approximate surface area is 176 Å². The molecule has 2 aromatic carbocycles. The monoisotopic (exact) mass is 409 g/mol. The molecule has 1 aliphatic heterocycles. The molecule has 30 heavy (non-hydrogen) atoms. The average Bonchev–Trinajstić information content (AvgIpc) is 2.98. The molecule has 0 spiro atoms. The van der Waals surface area contributed by atoms with Crippen molar-refractivity contribution in [2.24, 2.45) is 0 Å². The molecule has 4 amide bonds. The lowest BCUT2D eigenvalue weighted by molar-refractivity contribution is -0.139. The molecule has 0 bridgehead atoms. The minimum atomic E-state index is -1.22. The van der Waals surface area contributed by atoms with Crippen LogP contribution in [0, 0.1) is 0 Å². The van der Waals surface area contributed by atoms with E-state index in [2.05, 4.69) is 5.32 Å². The van der Waals surface area contributed by atoms with Gasteiger partial charge in [-0.2, -0.15) is 0 Å². The lowest BCUT2D eigenvalue weighted by Gasteiger charge is -2.25. The third-order valence-corrected chi connectivity index (χ3v) is 5.30. The number of benzene rings is 2. The SMILES string of the molecule is CCCN(Cc1ccccc1)C(=O)CN1C(=O)NC(C)(c2ccc(OC)cc2)C1=O. The third kappa shape index (κ3) is 4.30. The third-order valence-electron chi connectivity index (χ3n) is 5.30. The van der Waals surface area contributed by atoms with Crippen LogP contribution in [0.3, 0.4) is 0 Å². The second kappa shape index (κ2) is 8.98. The number of carbonyl (C=O) groups is 3. The van der Waals surface area contributed by atoms with Crippen molar-refractivity contribution in [3.63, 3.8) is 0 Å². The maximum absolute atomic E-state index is 13.1. The van der Waals surface area contributed by atoms with Gasteiger partial charge in [0.2, 0.25) is 5.91 Å². The standard InChI is InChI=1S/C23H27N3O4/c1-4-14-25(15-17-8-6-5-7-9-17)20(27)16-26-21(28)23(2,24-22(26)29)18-10-12-19(30-3)13-11-18/h5-13H,4,14-16H2,1-3H3,(H,24,29). The van der Waals surface area contributed by atoms with Crippen LogP contribution in [0.2, 0.25) is 0 Å². The Morgan fingerprint density at radius 2 is 1.77 bits per heavy atom. The quantitative estimate of drug-likeness (QED) is 0.680. The molecule has 0 aliphatic carbocycles. The molecule has 158 valence electrons. The second-order valence-electron chi connectivity index (χ2n) is 7.48. The minimum absolute atomic E-state index is 0.261. The van der Waals surface area contributed by atoms with Gasteiger partial charge in [-0.15, -0.1) is 0 Å². The number of methoxy groups -OCH3 is 1. The van der Waals surface area contributed by atoms with Gasteiger partial charge in [-0.3, -0.25) is 14.5 Å². The summed E-state index contributed by atoms with van der Waals surface area (Å²) >= 11 is 0. The van der Waals surface area contributed by atoms with Gasteiger partial charge < -0.3 is 15.0 Å². The van der Waals surface area contributed by atoms with Gasteiger partial charge in [0.25, 0.3) is 5.91 Å². The molecule has 1 heterocycles. The first-order valence-electron chi connectivity index (χ1n) is 9.99. The van der Waals surface area contributed by atoms with E-state index in [1.807, 2.05) is 37.3 Å². The maximum atomic E-state index is 13.1. The first-order chi connectivity index (χ1) is 14.4. The van der Waals surface area contributed by atoms with E-state index in [1.54, 1.807) is 43.2 Å². The molecule has 3 rings (SSSR count). The largest absolute Gasteiger partial charge is 0.497 e. The van der Waals surface area contributed by atoms with E-state index in [4.69, 9.17) is 4.74 Å². The van der Waals surface area contributed by atoms with Crippen LogP contribution in [0.4, 0.5) is 4.79 Å². The summed E-state index contributed by atoms with van der Waals surface area (Å²) in [7, 11) is 1.56. The Morgan fingerprint density at radius 3 is 2.37 bits per heavy atom. The van der Waals surface area contributed by atoms with Gasteiger partial charge >= 0.3 is 6.03 Å². The van der Waals surface area contributed by atoms with E-state index in [0.29, 0.717) is 24.4 Å². The zero-order chi connectivity index (χ0) is 21.7. The minimum Gasteiger partial charge on any atom is -0.497 e. The molecule has 7 nitrogen and oxygen atoms in total. The van der Waals surface area contributed by atoms with E-state index < -0.39 is 17.5 Å². The van der Waals surface area contributed by atoms with Crippen LogP contribution in [0.5, 0.6) is 5.75 Å². The summed E-state index contributed by atoms with van der Waals surface area (Å²) in [5, 5.41) is 2.74. The lowest BCUT2D eigenvalue weighted by atomic mass is 9.92. The average molecular weight is 409 g/mol. The highest BCUT2D eigenvalue weighted by Crippen LogP contribution is 2.30. The van der Waals surface area contributed by atoms with Gasteiger partial charge in [-0.1, -0.05) is 49.4 Å². The van der Waals surface area contributed by atoms with Gasteiger partial charge in [0.1, 0.15) is 17.8 Å². The molecular formula is C23H27N3O4. The number of hydrogen-bond donors (Lipinski definition) is 1. The summed E-state index contributed by atoms with van der Waals surface area (Å²) in [5.41, 5.74) is 0.407. The Kier molecular flexibility index (Phi) is 6.40. The number of rotatable bonds is 8. The van der Waals surface area contributed by atoms with E-state index in [-0.39, 0.29) is 12.5 Å². The molecule has 7 heteroatoms. The van der Waals surface area contributed by atoms with Crippen LogP contribution >= 0.6 is 0 Å². The zero-order valence-electron chi connectivity index (χ0n) is 17.6. The normalized spacial score (nSPS) is 18.3. The second-order valence-corrected chi connectivity index (χ2v) is 7.48. The van der Waals surface area contributed by atoms with Crippen LogP contribution in [0.1, 0.15) is 31.4 Å². The first kappa shape index (κ1) is 21.4. The van der Waals surface area contributed by atoms with Crippen molar-refractivity contribution in [3.8, 4) is 5.75 Å². The molecule has 0 radical (unpaired) electrons. The topological polar surface area (TPSA) is 79.0 Å². The van der Waals surface area contributed by atoms with Crippen LogP contribution in [0.15, 0.2) is 54.6 Å². The van der Waals surface area contributed by atoms with Gasteiger partial charge in [-0.25, -0.2) is 4.79 Å². The molecule has 1 aliphatic rings. The molecule has 1 fully saturated rings. The Balaban J connectivity index is 1.75. The Hall–Kier alpha value is -3.35. The van der Waals surface area contributed by atoms with Crippen LogP contribution in [0.25, 0.3) is 0 Å². The van der Waals surface area contributed by atoms with Crippen molar-refractivity contribution in [1.82, 2.24) is 15.1 Å². The van der Waals surface area contributed by atoms with E-state index >= 15 is 0 Å². The number of carbonyl (C=O) groups excluding carboxylic acids is 3. The fourth-order valence-corrected chi connectivity index (χ4v) is 3.56. The number of nitrogens with zero attached hydrogens (tertiary/aromatic N) is 2. The van der Waals surface area contributed by atoms with Gasteiger partial charge in [0.15, 0.2) is 0 Å². The predicted molar refractivity (Wildman–Crippen MR) is 113 cm³/mol. The van der Waals surface area contributed by atoms with Crippen LogP contribution < -0.4 is 10.1 Å². The predicted octanol–water partition coefficient (Wildman–Crippen LogP) is 2.90. The number of amides is 4.